The molecule has 0 saturated carbocycles. The Balaban J connectivity index is 1.65. The lowest BCUT2D eigenvalue weighted by Crippen LogP contribution is -2.33. The molecule has 0 atom stereocenters. The Hall–Kier alpha value is -3.16. The largest absolute Gasteiger partial charge is 0.342 e. The van der Waals surface area contributed by atoms with E-state index in [9.17, 15) is 9.59 Å². The van der Waals surface area contributed by atoms with Gasteiger partial charge in [0.2, 0.25) is 5.91 Å². The maximum absolute atomic E-state index is 12.2. The smallest absolute Gasteiger partial charge is 0.272 e. The zero-order valence-corrected chi connectivity index (χ0v) is 13.7. The number of aromatic amines is 1. The number of nitrogens with one attached hydrogen (secondary N) is 3. The van der Waals surface area contributed by atoms with Crippen LogP contribution in [-0.4, -0.2) is 38.3 Å². The van der Waals surface area contributed by atoms with Gasteiger partial charge in [-0.3, -0.25) is 19.4 Å². The van der Waals surface area contributed by atoms with Gasteiger partial charge >= 0.3 is 0 Å². The lowest BCUT2D eigenvalue weighted by atomic mass is 10.2. The molecule has 0 spiro atoms. The molecule has 0 fully saturated rings. The average molecular weight is 326 g/mol. The van der Waals surface area contributed by atoms with Gasteiger partial charge in [0.1, 0.15) is 0 Å². The van der Waals surface area contributed by atoms with Gasteiger partial charge in [0.05, 0.1) is 29.1 Å². The molecule has 8 nitrogen and oxygen atoms in total. The number of H-pyrrole nitrogens is 1. The number of para-hydroxylation sites is 1. The highest BCUT2D eigenvalue weighted by molar-refractivity contribution is 6.06. The second-order valence-corrected chi connectivity index (χ2v) is 5.52. The van der Waals surface area contributed by atoms with Gasteiger partial charge in [0.25, 0.3) is 5.91 Å². The predicted octanol–water partition coefficient (Wildman–Crippen LogP) is 1.28. The van der Waals surface area contributed by atoms with Crippen molar-refractivity contribution in [1.29, 1.82) is 0 Å². The molecular weight excluding hydrogens is 308 g/mol. The first-order valence-corrected chi connectivity index (χ1v) is 7.48. The fraction of sp³-hybridized carbons (Fsp3) is 0.250. The summed E-state index contributed by atoms with van der Waals surface area (Å²) in [5.74, 6) is -0.718. The third kappa shape index (κ3) is 2.85. The number of nitrogens with zero attached hydrogens (tertiary/aromatic N) is 3. The second kappa shape index (κ2) is 6.15. The van der Waals surface area contributed by atoms with Gasteiger partial charge in [-0.1, -0.05) is 18.2 Å². The molecule has 1 aromatic carbocycles. The highest BCUT2D eigenvalue weighted by Crippen LogP contribution is 2.18. The van der Waals surface area contributed by atoms with E-state index in [0.717, 1.165) is 16.9 Å². The number of aryl methyl sites for hydroxylation is 2. The number of carbonyl (C=O) groups excluding carboxylic acids is 2. The molecule has 0 aliphatic rings. The first-order valence-electron chi connectivity index (χ1n) is 7.48. The summed E-state index contributed by atoms with van der Waals surface area (Å²) in [6.07, 6.45) is 0. The summed E-state index contributed by atoms with van der Waals surface area (Å²) in [5, 5.41) is 17.1. The summed E-state index contributed by atoms with van der Waals surface area (Å²) < 4.78 is 1.69. The van der Waals surface area contributed by atoms with E-state index in [4.69, 9.17) is 0 Å². The second-order valence-electron chi connectivity index (χ2n) is 5.52. The van der Waals surface area contributed by atoms with Crippen molar-refractivity contribution in [2.45, 2.75) is 13.8 Å². The van der Waals surface area contributed by atoms with Crippen LogP contribution in [0.5, 0.6) is 0 Å². The molecule has 2 aromatic heterocycles. The third-order valence-electron chi connectivity index (χ3n) is 3.87. The molecular formula is C16H18N6O2. The predicted molar refractivity (Wildman–Crippen MR) is 89.7 cm³/mol. The molecule has 3 N–H and O–H groups in total. The van der Waals surface area contributed by atoms with Crippen LogP contribution in [0.2, 0.25) is 0 Å². The van der Waals surface area contributed by atoms with Gasteiger partial charge in [-0.15, -0.1) is 0 Å². The van der Waals surface area contributed by atoms with Gasteiger partial charge in [0, 0.05) is 12.4 Å². The molecule has 2 heterocycles. The monoisotopic (exact) mass is 326 g/mol. The van der Waals surface area contributed by atoms with Crippen molar-refractivity contribution in [1.82, 2.24) is 25.3 Å². The Kier molecular flexibility index (Phi) is 4.03. The Morgan fingerprint density at radius 3 is 2.71 bits per heavy atom. The Morgan fingerprint density at radius 2 is 2.00 bits per heavy atom. The van der Waals surface area contributed by atoms with Crippen molar-refractivity contribution in [3.63, 3.8) is 0 Å². The van der Waals surface area contributed by atoms with Crippen LogP contribution in [0.15, 0.2) is 24.3 Å². The van der Waals surface area contributed by atoms with Gasteiger partial charge in [-0.05, 0) is 19.9 Å². The van der Waals surface area contributed by atoms with Gasteiger partial charge in [0.15, 0.2) is 5.69 Å². The number of aromatic nitrogens is 4. The summed E-state index contributed by atoms with van der Waals surface area (Å²) in [7, 11) is 1.81. The van der Waals surface area contributed by atoms with Crippen LogP contribution in [0.1, 0.15) is 21.9 Å². The van der Waals surface area contributed by atoms with Crippen LogP contribution in [-0.2, 0) is 11.8 Å². The molecule has 124 valence electrons. The van der Waals surface area contributed by atoms with E-state index in [2.05, 4.69) is 25.9 Å². The minimum Gasteiger partial charge on any atom is -0.342 e. The third-order valence-corrected chi connectivity index (χ3v) is 3.87. The van der Waals surface area contributed by atoms with E-state index in [0.29, 0.717) is 11.1 Å². The van der Waals surface area contributed by atoms with E-state index >= 15 is 0 Å². The number of amides is 2. The standard InChI is InChI=1S/C16H18N6O2/c1-9-14(10(2)22(3)21-9)18-13(23)8-17-16(24)15-11-6-4-5-7-12(11)19-20-15/h4-7H,8H2,1-3H3,(H,17,24)(H,18,23)(H,19,20). The van der Waals surface area contributed by atoms with E-state index in [-0.39, 0.29) is 18.1 Å². The summed E-state index contributed by atoms with van der Waals surface area (Å²) in [4.78, 5) is 24.3. The van der Waals surface area contributed by atoms with Crippen LogP contribution in [0, 0.1) is 13.8 Å². The van der Waals surface area contributed by atoms with Crippen molar-refractivity contribution in [3.05, 3.63) is 41.3 Å². The lowest BCUT2D eigenvalue weighted by molar-refractivity contribution is -0.115. The molecule has 0 aliphatic carbocycles. The first-order chi connectivity index (χ1) is 11.5. The quantitative estimate of drug-likeness (QED) is 0.671. The van der Waals surface area contributed by atoms with Crippen molar-refractivity contribution in [2.75, 3.05) is 11.9 Å². The topological polar surface area (TPSA) is 105 Å². The van der Waals surface area contributed by atoms with E-state index in [1.54, 1.807) is 10.7 Å². The minimum atomic E-state index is -0.401. The number of benzene rings is 1. The minimum absolute atomic E-state index is 0.145. The summed E-state index contributed by atoms with van der Waals surface area (Å²) >= 11 is 0. The summed E-state index contributed by atoms with van der Waals surface area (Å²) in [6.45, 7) is 3.54. The zero-order chi connectivity index (χ0) is 17.3. The maximum Gasteiger partial charge on any atom is 0.272 e. The molecule has 3 aromatic rings. The van der Waals surface area contributed by atoms with Crippen LogP contribution in [0.3, 0.4) is 0 Å². The van der Waals surface area contributed by atoms with Crippen molar-refractivity contribution in [3.8, 4) is 0 Å². The number of anilines is 1. The van der Waals surface area contributed by atoms with Gasteiger partial charge in [-0.25, -0.2) is 0 Å². The number of hydrogen-bond acceptors (Lipinski definition) is 4. The Morgan fingerprint density at radius 1 is 1.25 bits per heavy atom. The average Bonchev–Trinajstić information content (AvgIpc) is 3.09. The molecule has 0 radical (unpaired) electrons. The molecule has 24 heavy (non-hydrogen) atoms. The Labute approximate surface area is 138 Å². The van der Waals surface area contributed by atoms with E-state index < -0.39 is 5.91 Å². The van der Waals surface area contributed by atoms with Gasteiger partial charge < -0.3 is 10.6 Å². The number of carbonyl (C=O) groups is 2. The summed E-state index contributed by atoms with van der Waals surface area (Å²) in [5.41, 5.74) is 3.29. The lowest BCUT2D eigenvalue weighted by Gasteiger charge is -2.06. The van der Waals surface area contributed by atoms with Crippen molar-refractivity contribution >= 4 is 28.4 Å². The van der Waals surface area contributed by atoms with E-state index in [1.165, 1.54) is 0 Å². The van der Waals surface area contributed by atoms with Crippen LogP contribution >= 0.6 is 0 Å². The zero-order valence-electron chi connectivity index (χ0n) is 13.7. The molecule has 0 saturated heterocycles. The van der Waals surface area contributed by atoms with Crippen molar-refractivity contribution in [2.24, 2.45) is 7.05 Å². The van der Waals surface area contributed by atoms with Crippen molar-refractivity contribution < 1.29 is 9.59 Å². The number of rotatable bonds is 4. The van der Waals surface area contributed by atoms with E-state index in [1.807, 2.05) is 39.1 Å². The molecule has 2 amide bonds. The van der Waals surface area contributed by atoms with Crippen LogP contribution < -0.4 is 10.6 Å². The molecule has 0 aliphatic heterocycles. The molecule has 0 bridgehead atoms. The Bertz CT molecular complexity index is 924. The molecule has 8 heteroatoms. The number of fused-ring (bicyclic) bond motifs is 1. The fourth-order valence-electron chi connectivity index (χ4n) is 2.52. The fourth-order valence-corrected chi connectivity index (χ4v) is 2.52. The van der Waals surface area contributed by atoms with Gasteiger partial charge in [-0.2, -0.15) is 10.2 Å². The summed E-state index contributed by atoms with van der Waals surface area (Å²) in [6, 6.07) is 7.32. The maximum atomic E-state index is 12.2. The normalized spacial score (nSPS) is 10.8. The SMILES string of the molecule is Cc1nn(C)c(C)c1NC(=O)CNC(=O)c1n[nH]c2ccccc12. The molecule has 3 rings (SSSR count). The highest BCUT2D eigenvalue weighted by atomic mass is 16.2. The highest BCUT2D eigenvalue weighted by Gasteiger charge is 2.16. The van der Waals surface area contributed by atoms with Crippen LogP contribution in [0.4, 0.5) is 5.69 Å². The van der Waals surface area contributed by atoms with Crippen LogP contribution in [0.25, 0.3) is 10.9 Å². The first kappa shape index (κ1) is 15.7. The molecule has 0 unspecified atom stereocenters. The number of hydrogen-bond donors (Lipinski definition) is 3.